The highest BCUT2D eigenvalue weighted by Crippen LogP contribution is 2.29. The zero-order valence-electron chi connectivity index (χ0n) is 10.6. The summed E-state index contributed by atoms with van der Waals surface area (Å²) < 4.78 is 18.7. The van der Waals surface area contributed by atoms with Crippen molar-refractivity contribution in [1.29, 1.82) is 0 Å². The smallest absolute Gasteiger partial charge is 0.137 e. The van der Waals surface area contributed by atoms with Crippen molar-refractivity contribution in [2.45, 2.75) is 30.5 Å². The SMILES string of the molecule is COCCNCc1cccc(F)c1SC(C)C. The Balaban J connectivity index is 2.66. The second kappa shape index (κ2) is 7.69. The summed E-state index contributed by atoms with van der Waals surface area (Å²) in [5.41, 5.74) is 1.01. The summed E-state index contributed by atoms with van der Waals surface area (Å²) in [6.45, 7) is 6.26. The molecule has 0 aliphatic carbocycles. The van der Waals surface area contributed by atoms with Gasteiger partial charge in [-0.3, -0.25) is 0 Å². The summed E-state index contributed by atoms with van der Waals surface area (Å²) >= 11 is 1.57. The number of rotatable bonds is 7. The molecule has 0 spiro atoms. The summed E-state index contributed by atoms with van der Waals surface area (Å²) in [5.74, 6) is -0.130. The normalized spacial score (nSPS) is 11.1. The number of benzene rings is 1. The van der Waals surface area contributed by atoms with Gasteiger partial charge >= 0.3 is 0 Å². The number of methoxy groups -OCH3 is 1. The summed E-state index contributed by atoms with van der Waals surface area (Å²) in [7, 11) is 1.67. The van der Waals surface area contributed by atoms with Gasteiger partial charge in [-0.05, 0) is 11.6 Å². The molecule has 1 aromatic rings. The van der Waals surface area contributed by atoms with E-state index in [1.807, 2.05) is 6.07 Å². The van der Waals surface area contributed by atoms with Crippen molar-refractivity contribution in [3.63, 3.8) is 0 Å². The second-order valence-electron chi connectivity index (χ2n) is 4.06. The van der Waals surface area contributed by atoms with Crippen LogP contribution >= 0.6 is 11.8 Å². The van der Waals surface area contributed by atoms with Gasteiger partial charge in [-0.25, -0.2) is 4.39 Å². The van der Waals surface area contributed by atoms with Crippen LogP contribution in [0.1, 0.15) is 19.4 Å². The van der Waals surface area contributed by atoms with Gasteiger partial charge < -0.3 is 10.1 Å². The minimum absolute atomic E-state index is 0.130. The van der Waals surface area contributed by atoms with Gasteiger partial charge in [0.05, 0.1) is 6.61 Å². The zero-order chi connectivity index (χ0) is 12.7. The maximum Gasteiger partial charge on any atom is 0.137 e. The van der Waals surface area contributed by atoms with E-state index in [2.05, 4.69) is 19.2 Å². The summed E-state index contributed by atoms with van der Waals surface area (Å²) in [5, 5.41) is 3.62. The summed E-state index contributed by atoms with van der Waals surface area (Å²) in [6.07, 6.45) is 0. The maximum absolute atomic E-state index is 13.7. The molecule has 0 heterocycles. The van der Waals surface area contributed by atoms with Crippen molar-refractivity contribution in [1.82, 2.24) is 5.32 Å². The third kappa shape index (κ3) is 5.06. The molecule has 0 atom stereocenters. The minimum atomic E-state index is -0.130. The van der Waals surface area contributed by atoms with Gasteiger partial charge in [0.25, 0.3) is 0 Å². The first-order chi connectivity index (χ1) is 8.15. The van der Waals surface area contributed by atoms with E-state index in [4.69, 9.17) is 4.74 Å². The van der Waals surface area contributed by atoms with Crippen LogP contribution in [0.15, 0.2) is 23.1 Å². The van der Waals surface area contributed by atoms with Crippen LogP contribution in [-0.4, -0.2) is 25.5 Å². The monoisotopic (exact) mass is 257 g/mol. The molecule has 2 nitrogen and oxygen atoms in total. The molecule has 1 N–H and O–H groups in total. The lowest BCUT2D eigenvalue weighted by atomic mass is 10.2. The molecule has 0 aliphatic rings. The predicted octanol–water partition coefficient (Wildman–Crippen LogP) is 3.06. The van der Waals surface area contributed by atoms with Crippen LogP contribution in [0.2, 0.25) is 0 Å². The fourth-order valence-corrected chi connectivity index (χ4v) is 2.40. The van der Waals surface area contributed by atoms with E-state index in [-0.39, 0.29) is 5.82 Å². The first-order valence-corrected chi connectivity index (χ1v) is 6.66. The van der Waals surface area contributed by atoms with Crippen LogP contribution in [-0.2, 0) is 11.3 Å². The lowest BCUT2D eigenvalue weighted by Crippen LogP contribution is -2.19. The van der Waals surface area contributed by atoms with Crippen LogP contribution in [0, 0.1) is 5.82 Å². The van der Waals surface area contributed by atoms with Crippen LogP contribution in [0.3, 0.4) is 0 Å². The molecule has 96 valence electrons. The van der Waals surface area contributed by atoms with Gasteiger partial charge in [0.15, 0.2) is 0 Å². The first kappa shape index (κ1) is 14.5. The molecule has 0 saturated heterocycles. The molecule has 0 fully saturated rings. The fourth-order valence-electron chi connectivity index (χ4n) is 1.46. The van der Waals surface area contributed by atoms with E-state index in [0.29, 0.717) is 18.4 Å². The molecule has 0 aromatic heterocycles. The summed E-state index contributed by atoms with van der Waals surface area (Å²) in [6, 6.07) is 5.24. The maximum atomic E-state index is 13.7. The van der Waals surface area contributed by atoms with E-state index < -0.39 is 0 Å². The molecule has 0 bridgehead atoms. The van der Waals surface area contributed by atoms with Crippen molar-refractivity contribution in [3.8, 4) is 0 Å². The van der Waals surface area contributed by atoms with Gasteiger partial charge in [-0.2, -0.15) is 0 Å². The number of ether oxygens (including phenoxy) is 1. The van der Waals surface area contributed by atoms with Crippen molar-refractivity contribution >= 4 is 11.8 Å². The zero-order valence-corrected chi connectivity index (χ0v) is 11.4. The molecule has 1 rings (SSSR count). The molecule has 0 radical (unpaired) electrons. The Hall–Kier alpha value is -0.580. The van der Waals surface area contributed by atoms with E-state index in [1.165, 1.54) is 6.07 Å². The summed E-state index contributed by atoms with van der Waals surface area (Å²) in [4.78, 5) is 0.757. The Morgan fingerprint density at radius 1 is 1.41 bits per heavy atom. The second-order valence-corrected chi connectivity index (χ2v) is 5.65. The molecule has 0 unspecified atom stereocenters. The van der Waals surface area contributed by atoms with E-state index >= 15 is 0 Å². The molecular formula is C13H20FNOS. The van der Waals surface area contributed by atoms with Gasteiger partial charge in [-0.1, -0.05) is 26.0 Å². The third-order valence-corrected chi connectivity index (χ3v) is 3.36. The Morgan fingerprint density at radius 3 is 2.82 bits per heavy atom. The van der Waals surface area contributed by atoms with Crippen LogP contribution in [0.4, 0.5) is 4.39 Å². The average Bonchev–Trinajstić information content (AvgIpc) is 2.28. The number of halogens is 1. The fraction of sp³-hybridized carbons (Fsp3) is 0.538. The Kier molecular flexibility index (Phi) is 6.55. The largest absolute Gasteiger partial charge is 0.383 e. The molecule has 0 aliphatic heterocycles. The Labute approximate surface area is 107 Å². The van der Waals surface area contributed by atoms with E-state index in [9.17, 15) is 4.39 Å². The van der Waals surface area contributed by atoms with Gasteiger partial charge in [0, 0.05) is 30.3 Å². The van der Waals surface area contributed by atoms with Crippen molar-refractivity contribution in [2.24, 2.45) is 0 Å². The van der Waals surface area contributed by atoms with Crippen LogP contribution < -0.4 is 5.32 Å². The van der Waals surface area contributed by atoms with Gasteiger partial charge in [-0.15, -0.1) is 11.8 Å². The predicted molar refractivity (Wildman–Crippen MR) is 71.0 cm³/mol. The molecule has 1 aromatic carbocycles. The molecule has 4 heteroatoms. The van der Waals surface area contributed by atoms with Crippen molar-refractivity contribution in [3.05, 3.63) is 29.6 Å². The quantitative estimate of drug-likeness (QED) is 0.599. The van der Waals surface area contributed by atoms with Gasteiger partial charge in [0.2, 0.25) is 0 Å². The topological polar surface area (TPSA) is 21.3 Å². The average molecular weight is 257 g/mol. The molecule has 17 heavy (non-hydrogen) atoms. The number of hydrogen-bond donors (Lipinski definition) is 1. The molecule has 0 amide bonds. The number of thioether (sulfide) groups is 1. The highest BCUT2D eigenvalue weighted by atomic mass is 32.2. The first-order valence-electron chi connectivity index (χ1n) is 5.79. The number of hydrogen-bond acceptors (Lipinski definition) is 3. The van der Waals surface area contributed by atoms with E-state index in [0.717, 1.165) is 17.0 Å². The standard InChI is InChI=1S/C13H20FNOS/c1-10(2)17-13-11(5-4-6-12(13)14)9-15-7-8-16-3/h4-6,10,15H,7-9H2,1-3H3. The Bertz CT molecular complexity index is 344. The lowest BCUT2D eigenvalue weighted by Gasteiger charge is -2.12. The van der Waals surface area contributed by atoms with E-state index in [1.54, 1.807) is 24.9 Å². The highest BCUT2D eigenvalue weighted by molar-refractivity contribution is 8.00. The molecular weight excluding hydrogens is 237 g/mol. The Morgan fingerprint density at radius 2 is 2.18 bits per heavy atom. The highest BCUT2D eigenvalue weighted by Gasteiger charge is 2.10. The van der Waals surface area contributed by atoms with Crippen LogP contribution in [0.25, 0.3) is 0 Å². The minimum Gasteiger partial charge on any atom is -0.383 e. The lowest BCUT2D eigenvalue weighted by molar-refractivity contribution is 0.199. The van der Waals surface area contributed by atoms with Crippen molar-refractivity contribution < 1.29 is 9.13 Å². The van der Waals surface area contributed by atoms with Gasteiger partial charge in [0.1, 0.15) is 5.82 Å². The third-order valence-electron chi connectivity index (χ3n) is 2.20. The number of nitrogens with one attached hydrogen (secondary N) is 1. The molecule has 0 saturated carbocycles. The van der Waals surface area contributed by atoms with Crippen molar-refractivity contribution in [2.75, 3.05) is 20.3 Å². The van der Waals surface area contributed by atoms with Crippen LogP contribution in [0.5, 0.6) is 0 Å².